The Morgan fingerprint density at radius 1 is 0.815 bits per heavy atom. The lowest BCUT2D eigenvalue weighted by Gasteiger charge is -2.62. The molecule has 4 heteroatoms. The summed E-state index contributed by atoms with van der Waals surface area (Å²) in [5.74, 6) is 0. The molecule has 0 saturated carbocycles. The van der Waals surface area contributed by atoms with Crippen LogP contribution in [0.2, 0.25) is 44.3 Å². The number of hydrogen-bond acceptors (Lipinski definition) is 1. The Labute approximate surface area is 171 Å². The molecule has 2 rings (SSSR count). The Morgan fingerprint density at radius 2 is 1.26 bits per heavy atom. The molecule has 152 valence electrons. The SMILES string of the molecule is CC1=C(C)CC(c2ccccc2)([Si](O[Si](C)(C)C)(C(C)(C)C)[Si](C)(C)C)C1. The maximum atomic E-state index is 7.61. The van der Waals surface area contributed by atoms with E-state index in [4.69, 9.17) is 4.12 Å². The van der Waals surface area contributed by atoms with Crippen molar-refractivity contribution in [1.29, 1.82) is 0 Å². The van der Waals surface area contributed by atoms with Crippen LogP contribution in [-0.2, 0) is 9.15 Å². The lowest BCUT2D eigenvalue weighted by molar-refractivity contribution is 0.416. The van der Waals surface area contributed by atoms with Crippen LogP contribution in [0.25, 0.3) is 0 Å². The monoisotopic (exact) mass is 418 g/mol. The lowest BCUT2D eigenvalue weighted by atomic mass is 9.93. The third-order valence-corrected chi connectivity index (χ3v) is 27.3. The minimum absolute atomic E-state index is 0.158. The molecule has 0 saturated heterocycles. The van der Waals surface area contributed by atoms with Gasteiger partial charge in [0.05, 0.1) is 7.59 Å². The quantitative estimate of drug-likeness (QED) is 0.353. The standard InChI is InChI=1S/C23H42OSi3/c1-19-17-23(18-20(19)2,21-15-13-12-14-16-21)27(22(3,4)5,26(9,10)11)24-25(6,7)8/h12-16H,17-18H2,1-11H3. The topological polar surface area (TPSA) is 9.23 Å². The van der Waals surface area contributed by atoms with Crippen molar-refractivity contribution in [2.24, 2.45) is 0 Å². The van der Waals surface area contributed by atoms with Gasteiger partial charge in [-0.3, -0.25) is 0 Å². The second-order valence-corrected chi connectivity index (χ2v) is 31.7. The van der Waals surface area contributed by atoms with Crippen molar-refractivity contribution in [3.8, 4) is 0 Å². The van der Waals surface area contributed by atoms with Crippen LogP contribution in [0.4, 0.5) is 0 Å². The summed E-state index contributed by atoms with van der Waals surface area (Å²) in [4.78, 5) is 0. The summed E-state index contributed by atoms with van der Waals surface area (Å²) >= 11 is 0. The van der Waals surface area contributed by atoms with E-state index in [1.54, 1.807) is 11.1 Å². The van der Waals surface area contributed by atoms with E-state index in [2.05, 4.69) is 104 Å². The van der Waals surface area contributed by atoms with Gasteiger partial charge in [0, 0.05) is 5.04 Å². The fourth-order valence-corrected chi connectivity index (χ4v) is 37.3. The molecule has 0 heterocycles. The molecule has 0 amide bonds. The first-order valence-corrected chi connectivity index (χ1v) is 20.3. The first kappa shape index (κ1) is 22.9. The smallest absolute Gasteiger partial charge is 0.182 e. The average molecular weight is 419 g/mol. The normalized spacial score (nSPS) is 20.7. The highest BCUT2D eigenvalue weighted by Crippen LogP contribution is 2.61. The first-order valence-electron chi connectivity index (χ1n) is 10.5. The zero-order chi connectivity index (χ0) is 20.9. The van der Waals surface area contributed by atoms with Crippen LogP contribution in [0, 0.1) is 0 Å². The summed E-state index contributed by atoms with van der Waals surface area (Å²) < 4.78 is 7.61. The Hall–Kier alpha value is -0.429. The maximum absolute atomic E-state index is 7.61. The van der Waals surface area contributed by atoms with Gasteiger partial charge in [-0.15, -0.1) is 0 Å². The molecule has 27 heavy (non-hydrogen) atoms. The minimum Gasteiger partial charge on any atom is -0.456 e. The van der Waals surface area contributed by atoms with Crippen molar-refractivity contribution < 1.29 is 4.12 Å². The summed E-state index contributed by atoms with van der Waals surface area (Å²) in [5.41, 5.74) is 4.72. The summed E-state index contributed by atoms with van der Waals surface area (Å²) in [6, 6.07) is 11.4. The molecule has 0 bridgehead atoms. The zero-order valence-electron chi connectivity index (χ0n) is 19.7. The van der Waals surface area contributed by atoms with E-state index >= 15 is 0 Å². The van der Waals surface area contributed by atoms with Crippen LogP contribution >= 0.6 is 0 Å². The predicted octanol–water partition coefficient (Wildman–Crippen LogP) is 7.61. The maximum Gasteiger partial charge on any atom is 0.182 e. The second-order valence-electron chi connectivity index (χ2n) is 11.8. The molecule has 0 N–H and O–H groups in total. The molecule has 1 nitrogen and oxygen atoms in total. The molecule has 0 radical (unpaired) electrons. The van der Waals surface area contributed by atoms with Crippen LogP contribution in [0.3, 0.4) is 0 Å². The van der Waals surface area contributed by atoms with Gasteiger partial charge in [-0.05, 0) is 56.9 Å². The molecule has 1 unspecified atom stereocenters. The van der Waals surface area contributed by atoms with Gasteiger partial charge in [0.1, 0.15) is 0 Å². The van der Waals surface area contributed by atoms with Crippen molar-refractivity contribution in [1.82, 2.24) is 0 Å². The number of hydrogen-bond donors (Lipinski definition) is 0. The summed E-state index contributed by atoms with van der Waals surface area (Å²) in [6.45, 7) is 27.2. The highest BCUT2D eigenvalue weighted by molar-refractivity contribution is 7.41. The van der Waals surface area contributed by atoms with Crippen LogP contribution in [-0.4, -0.2) is 23.7 Å². The molecule has 1 aromatic carbocycles. The Morgan fingerprint density at radius 3 is 1.59 bits per heavy atom. The minimum atomic E-state index is -2.22. The van der Waals surface area contributed by atoms with Crippen LogP contribution in [0.1, 0.15) is 53.0 Å². The molecule has 1 atom stereocenters. The highest BCUT2D eigenvalue weighted by Gasteiger charge is 2.69. The average Bonchev–Trinajstić information content (AvgIpc) is 2.79. The van der Waals surface area contributed by atoms with Gasteiger partial charge >= 0.3 is 0 Å². The molecular weight excluding hydrogens is 377 g/mol. The molecule has 0 fully saturated rings. The van der Waals surface area contributed by atoms with Crippen molar-refractivity contribution >= 4 is 23.7 Å². The van der Waals surface area contributed by atoms with Crippen molar-refractivity contribution in [2.75, 3.05) is 0 Å². The zero-order valence-corrected chi connectivity index (χ0v) is 22.7. The molecule has 1 aliphatic rings. The number of benzene rings is 1. The predicted molar refractivity (Wildman–Crippen MR) is 129 cm³/mol. The fourth-order valence-electron chi connectivity index (χ4n) is 6.11. The van der Waals surface area contributed by atoms with Crippen LogP contribution < -0.4 is 0 Å². The van der Waals surface area contributed by atoms with Crippen LogP contribution in [0.15, 0.2) is 41.5 Å². The number of rotatable bonds is 5. The highest BCUT2D eigenvalue weighted by atomic mass is 29.3. The van der Waals surface area contributed by atoms with Crippen molar-refractivity contribution in [3.05, 3.63) is 47.0 Å². The Bertz CT molecular complexity index is 672. The van der Waals surface area contributed by atoms with Crippen LogP contribution in [0.5, 0.6) is 0 Å². The lowest BCUT2D eigenvalue weighted by Crippen LogP contribution is -2.77. The van der Waals surface area contributed by atoms with Crippen molar-refractivity contribution in [3.63, 3.8) is 0 Å². The second kappa shape index (κ2) is 7.12. The Kier molecular flexibility index (Phi) is 6.03. The van der Waals surface area contributed by atoms with Gasteiger partial charge in [-0.25, -0.2) is 0 Å². The third kappa shape index (κ3) is 3.87. The van der Waals surface area contributed by atoms with Gasteiger partial charge < -0.3 is 4.12 Å². The van der Waals surface area contributed by atoms with E-state index in [9.17, 15) is 0 Å². The van der Waals surface area contributed by atoms with E-state index < -0.39 is 23.7 Å². The molecule has 0 aliphatic heterocycles. The van der Waals surface area contributed by atoms with E-state index in [0.717, 1.165) is 0 Å². The largest absolute Gasteiger partial charge is 0.456 e. The summed E-state index contributed by atoms with van der Waals surface area (Å²) in [6.07, 6.45) is 2.36. The number of allylic oxidation sites excluding steroid dienone is 2. The van der Waals surface area contributed by atoms with Gasteiger partial charge in [-0.1, -0.05) is 81.9 Å². The molecule has 1 aliphatic carbocycles. The van der Waals surface area contributed by atoms with E-state index in [1.807, 2.05) is 0 Å². The third-order valence-electron chi connectivity index (χ3n) is 6.43. The molecule has 0 aromatic heterocycles. The first-order chi connectivity index (χ1) is 12.1. The van der Waals surface area contributed by atoms with E-state index in [1.165, 1.54) is 18.4 Å². The Balaban J connectivity index is 2.92. The van der Waals surface area contributed by atoms with Crippen molar-refractivity contribution in [2.45, 2.75) is 96.8 Å². The molecule has 0 spiro atoms. The van der Waals surface area contributed by atoms with Gasteiger partial charge in [0.25, 0.3) is 0 Å². The molecule has 1 aromatic rings. The summed E-state index contributed by atoms with van der Waals surface area (Å²) in [7, 11) is -5.58. The fraction of sp³-hybridized carbons (Fsp3) is 0.652. The van der Waals surface area contributed by atoms with Gasteiger partial charge in [-0.2, -0.15) is 0 Å². The molecular formula is C23H42OSi3. The van der Waals surface area contributed by atoms with Gasteiger partial charge in [0.2, 0.25) is 0 Å². The van der Waals surface area contributed by atoms with E-state index in [0.29, 0.717) is 0 Å². The van der Waals surface area contributed by atoms with Gasteiger partial charge in [0.15, 0.2) is 16.2 Å². The van der Waals surface area contributed by atoms with E-state index in [-0.39, 0.29) is 10.1 Å². The summed E-state index contributed by atoms with van der Waals surface area (Å²) in [5, 5.41) is 0.351.